The molecule has 0 heterocycles. The molecule has 0 aliphatic heterocycles. The van der Waals surface area contributed by atoms with Gasteiger partial charge in [-0.25, -0.2) is 0 Å². The number of anilines is 16. The van der Waals surface area contributed by atoms with E-state index in [1.807, 2.05) is 97.1 Å². The molecule has 0 aliphatic rings. The molecule has 0 unspecified atom stereocenters. The van der Waals surface area contributed by atoms with Crippen LogP contribution in [0.2, 0.25) is 0 Å². The summed E-state index contributed by atoms with van der Waals surface area (Å²) in [6.45, 7) is 10.8. The van der Waals surface area contributed by atoms with Crippen LogP contribution in [0, 0.1) is 0 Å². The quantitative estimate of drug-likeness (QED) is 0.0500. The Kier molecular flexibility index (Phi) is 31.1. The van der Waals surface area contributed by atoms with E-state index in [1.54, 1.807) is 0 Å². The molecule has 17 rings (SSSR count). The fourth-order valence-electron chi connectivity index (χ4n) is 13.3. The van der Waals surface area contributed by atoms with Gasteiger partial charge in [-0.2, -0.15) is 0 Å². The Morgan fingerprint density at radius 2 is 0.347 bits per heavy atom. The lowest BCUT2D eigenvalue weighted by molar-refractivity contribution is 0.424. The normalized spacial score (nSPS) is 10.3. The van der Waals surface area contributed by atoms with Gasteiger partial charge in [0.05, 0.1) is 0 Å². The lowest BCUT2D eigenvalue weighted by Gasteiger charge is -2.26. The molecule has 0 saturated heterocycles. The van der Waals surface area contributed by atoms with E-state index >= 15 is 0 Å². The second-order valence-corrected chi connectivity index (χ2v) is 31.3. The van der Waals surface area contributed by atoms with Crippen molar-refractivity contribution in [1.82, 2.24) is 0 Å². The summed E-state index contributed by atoms with van der Waals surface area (Å²) >= 11 is 13.8. The van der Waals surface area contributed by atoms with Gasteiger partial charge in [-0.1, -0.05) is 301 Å². The average molecular weight is 1830 g/mol. The summed E-state index contributed by atoms with van der Waals surface area (Å²) in [5.41, 5.74) is 27.0. The second kappa shape index (κ2) is 43.9. The fraction of sp³-hybridized carbons (Fsp3) is 0. The molecule has 0 saturated carbocycles. The molecule has 0 radical (unpaired) electrons. The van der Waals surface area contributed by atoms with Crippen molar-refractivity contribution in [2.45, 2.75) is 0 Å². The number of nitrogens with zero attached hydrogens (tertiary/aromatic N) is 4. The van der Waals surface area contributed by atoms with Gasteiger partial charge in [-0.15, -0.1) is 6.58 Å². The van der Waals surface area contributed by atoms with Gasteiger partial charge in [0.25, 0.3) is 0 Å². The van der Waals surface area contributed by atoms with E-state index in [9.17, 15) is 0 Å². The molecule has 0 aromatic heterocycles. The van der Waals surface area contributed by atoms with Crippen molar-refractivity contribution >= 4 is 174 Å². The van der Waals surface area contributed by atoms with Crippen molar-refractivity contribution in [3.05, 3.63) is 504 Å². The third kappa shape index (κ3) is 24.4. The Hall–Kier alpha value is -13.3. The number of nitrogens with one attached hydrogen (secondary N) is 2. The topological polar surface area (TPSA) is 77.5 Å². The van der Waals surface area contributed by atoms with Gasteiger partial charge in [-0.3, -0.25) is 0 Å². The maximum absolute atomic E-state index is 7.80. The van der Waals surface area contributed by atoms with Crippen LogP contribution in [0.4, 0.5) is 91.0 Å². The van der Waals surface area contributed by atoms with E-state index in [4.69, 9.17) is 10.0 Å². The first-order chi connectivity index (χ1) is 59.3. The molecule has 0 fully saturated rings. The van der Waals surface area contributed by atoms with E-state index in [0.29, 0.717) is 0 Å². The highest BCUT2D eigenvalue weighted by atomic mass is 79.9. The Bertz CT molecular complexity index is 5630. The zero-order valence-corrected chi connectivity index (χ0v) is 72.7. The molecular weight excluding hydrogens is 1740 g/mol. The summed E-state index contributed by atoms with van der Waals surface area (Å²) in [6.07, 6.45) is 3.74. The Morgan fingerprint density at radius 3 is 0.537 bits per heavy atom. The monoisotopic (exact) mass is 1830 g/mol. The van der Waals surface area contributed by atoms with Crippen LogP contribution in [-0.2, 0) is 0 Å². The van der Waals surface area contributed by atoms with E-state index in [2.05, 4.69) is 478 Å². The third-order valence-electron chi connectivity index (χ3n) is 19.4. The first-order valence-corrected chi connectivity index (χ1v) is 42.5. The predicted molar refractivity (Wildman–Crippen MR) is 532 cm³/mol. The van der Waals surface area contributed by atoms with Crippen LogP contribution in [0.15, 0.2) is 493 Å². The van der Waals surface area contributed by atoms with Crippen molar-refractivity contribution in [2.75, 3.05) is 30.2 Å². The summed E-state index contributed by atoms with van der Waals surface area (Å²) in [5, 5.41) is 22.4. The predicted octanol–water partition coefficient (Wildman–Crippen LogP) is 32.6. The molecule has 0 amide bonds. The second-order valence-electron chi connectivity index (χ2n) is 27.6. The number of para-hydroxylation sites is 6. The zero-order valence-electron chi connectivity index (χ0n) is 66.3. The number of rotatable bonds is 22. The maximum atomic E-state index is 7.80. The fourth-order valence-corrected chi connectivity index (χ4v) is 14.4. The van der Waals surface area contributed by atoms with Crippen LogP contribution >= 0.6 is 63.7 Å². The molecule has 0 bridgehead atoms. The van der Waals surface area contributed by atoms with Crippen molar-refractivity contribution in [2.24, 2.45) is 0 Å². The number of halogens is 4. The molecule has 0 aliphatic carbocycles. The number of benzene rings is 17. The molecular formula is C108H87BBr4N6O2. The Morgan fingerprint density at radius 1 is 0.198 bits per heavy atom. The highest BCUT2D eigenvalue weighted by Gasteiger charge is 2.18. The number of hydrogen-bond acceptors (Lipinski definition) is 8. The average Bonchev–Trinajstić information content (AvgIpc) is 0.914. The van der Waals surface area contributed by atoms with E-state index in [-0.39, 0.29) is 0 Å². The molecule has 592 valence electrons. The summed E-state index contributed by atoms with van der Waals surface area (Å²) in [6, 6.07) is 156. The molecule has 17 aromatic rings. The molecule has 121 heavy (non-hydrogen) atoms. The van der Waals surface area contributed by atoms with Crippen LogP contribution in [0.5, 0.6) is 0 Å². The first-order valence-electron chi connectivity index (χ1n) is 39.3. The molecule has 4 N–H and O–H groups in total. The van der Waals surface area contributed by atoms with Gasteiger partial charge < -0.3 is 40.3 Å². The standard InChI is InChI=1S/C40H32N2.C36H26Br2N2.C24H20N2.C6H4Br2.C2H5BO2/c1-3-31-15-23-37(24-16-31)41(35-11-7-5-8-12-35)39-27-19-33(20-28-39)34-21-29-40(30-22-34)42(36-13-9-6-10-14-36)38-25-17-32(4-2)18-26-38;37-29-15-23-35(24-16-29)39(31-7-3-1-4-8-31)33-19-11-27(12-20-33)28-13-21-34(22-14-28)40(32-9-5-2-6-10-32)36-25-17-30(38)18-26-36;1-3-7-21(8-4-1)25-23-15-11-19(12-16-23)20-13-17-24(18-14-20)26-22-9-5-2-6-10-22;7-5-1-2-6(8)4-3-5;1-2-3(4)5/h3-30H,1-2H2;1-26H;1-18,25-26H;1-4H;2,4-5H,1H2. The van der Waals surface area contributed by atoms with Gasteiger partial charge in [0, 0.05) is 109 Å². The van der Waals surface area contributed by atoms with Crippen molar-refractivity contribution in [3.8, 4) is 33.4 Å². The minimum Gasteiger partial charge on any atom is -0.424 e. The SMILES string of the molecule is Brc1ccc(Br)cc1.Brc1ccc(N(c2ccccc2)c2ccc(-c3ccc(N(c4ccccc4)c4ccc(Br)cc4)cc3)cc2)cc1.C=CB(O)O.C=Cc1ccc(N(c2ccccc2)c2ccc(-c3ccc(N(c4ccccc4)c4ccc(C=C)cc4)cc3)cc2)cc1.c1ccc(Nc2ccc(-c3ccc(Nc4ccccc4)cc3)cc2)cc1. The third-order valence-corrected chi connectivity index (χ3v) is 21.5. The van der Waals surface area contributed by atoms with Crippen molar-refractivity contribution < 1.29 is 10.0 Å². The largest absolute Gasteiger partial charge is 0.480 e. The molecule has 8 nitrogen and oxygen atoms in total. The van der Waals surface area contributed by atoms with Gasteiger partial charge in [-0.05, 0) is 287 Å². The van der Waals surface area contributed by atoms with Gasteiger partial charge in [0.1, 0.15) is 0 Å². The number of hydrogen-bond donors (Lipinski definition) is 4. The van der Waals surface area contributed by atoms with Crippen LogP contribution in [0.3, 0.4) is 0 Å². The molecule has 13 heteroatoms. The highest BCUT2D eigenvalue weighted by Crippen LogP contribution is 2.42. The molecule has 17 aromatic carbocycles. The van der Waals surface area contributed by atoms with E-state index in [0.717, 1.165) is 126 Å². The first kappa shape index (κ1) is 85.5. The molecule has 0 atom stereocenters. The van der Waals surface area contributed by atoms with Crippen molar-refractivity contribution in [1.29, 1.82) is 0 Å². The van der Waals surface area contributed by atoms with Gasteiger partial charge in [0.2, 0.25) is 0 Å². The van der Waals surface area contributed by atoms with Crippen molar-refractivity contribution in [3.63, 3.8) is 0 Å². The van der Waals surface area contributed by atoms with Gasteiger partial charge >= 0.3 is 7.12 Å². The van der Waals surface area contributed by atoms with Gasteiger partial charge in [0.15, 0.2) is 0 Å². The Labute approximate surface area is 745 Å². The smallest absolute Gasteiger partial charge is 0.424 e. The lowest BCUT2D eigenvalue weighted by atomic mass is 9.94. The van der Waals surface area contributed by atoms with Crippen LogP contribution in [-0.4, -0.2) is 17.2 Å². The maximum Gasteiger partial charge on any atom is 0.480 e. The summed E-state index contributed by atoms with van der Waals surface area (Å²) in [7, 11) is -1.35. The van der Waals surface area contributed by atoms with Crippen LogP contribution < -0.4 is 30.2 Å². The minimum atomic E-state index is -1.35. The zero-order chi connectivity index (χ0) is 83.9. The summed E-state index contributed by atoms with van der Waals surface area (Å²) < 4.78 is 4.35. The highest BCUT2D eigenvalue weighted by molar-refractivity contribution is 9.11. The minimum absolute atomic E-state index is 1.03. The van der Waals surface area contributed by atoms with Crippen LogP contribution in [0.1, 0.15) is 11.1 Å². The summed E-state index contributed by atoms with van der Waals surface area (Å²) in [5.74, 6) is 1.03. The lowest BCUT2D eigenvalue weighted by Crippen LogP contribution is -2.10. The summed E-state index contributed by atoms with van der Waals surface area (Å²) in [4.78, 5) is 9.09. The van der Waals surface area contributed by atoms with E-state index in [1.165, 1.54) is 33.4 Å². The molecule has 0 spiro atoms. The van der Waals surface area contributed by atoms with Crippen LogP contribution in [0.25, 0.3) is 45.5 Å². The Balaban J connectivity index is 0.000000148. The van der Waals surface area contributed by atoms with E-state index < -0.39 is 7.12 Å².